The molecule has 1 heterocycles. The van der Waals surface area contributed by atoms with Crippen molar-refractivity contribution < 1.29 is 4.79 Å². The van der Waals surface area contributed by atoms with E-state index in [0.29, 0.717) is 12.1 Å². The smallest absolute Gasteiger partial charge is 0.254 e. The number of benzene rings is 2. The quantitative estimate of drug-likeness (QED) is 0.801. The first-order valence-corrected chi connectivity index (χ1v) is 8.06. The summed E-state index contributed by atoms with van der Waals surface area (Å²) in [7, 11) is 0. The molecule has 1 aliphatic rings. The average Bonchev–Trinajstić information content (AvgIpc) is 3.30. The number of hydrogen-bond donors (Lipinski definition) is 1. The maximum Gasteiger partial charge on any atom is 0.254 e. The lowest BCUT2D eigenvalue weighted by atomic mass is 10.1. The van der Waals surface area contributed by atoms with Gasteiger partial charge in [-0.2, -0.15) is 5.26 Å². The Hall–Kier alpha value is -3.06. The van der Waals surface area contributed by atoms with Gasteiger partial charge in [-0.05, 0) is 24.5 Å². The van der Waals surface area contributed by atoms with Crippen LogP contribution < -0.4 is 5.32 Å². The lowest BCUT2D eigenvalue weighted by Crippen LogP contribution is -2.35. The number of nitrogens with one attached hydrogen (secondary N) is 1. The van der Waals surface area contributed by atoms with Crippen LogP contribution in [0, 0.1) is 11.3 Å². The molecule has 0 spiro atoms. The molecule has 0 radical (unpaired) electrons. The van der Waals surface area contributed by atoms with Crippen LogP contribution in [0.15, 0.2) is 60.8 Å². The van der Waals surface area contributed by atoms with Gasteiger partial charge in [0.25, 0.3) is 5.91 Å². The highest BCUT2D eigenvalue weighted by molar-refractivity contribution is 6.07. The molecule has 4 rings (SSSR count). The van der Waals surface area contributed by atoms with E-state index in [1.807, 2.05) is 48.7 Å². The summed E-state index contributed by atoms with van der Waals surface area (Å²) < 4.78 is 2.09. The zero-order chi connectivity index (χ0) is 16.6. The molecule has 1 amide bonds. The highest BCUT2D eigenvalue weighted by Gasteiger charge is 2.45. The standard InChI is InChI=1S/C20H17N3O/c21-14-20(10-11-20)22-19(24)17-13-23(12-15-6-2-1-3-7-15)18-9-5-4-8-16(17)18/h1-9,13H,10-12H2,(H,22,24). The molecule has 4 nitrogen and oxygen atoms in total. The van der Waals surface area contributed by atoms with Crippen LogP contribution in [0.5, 0.6) is 0 Å². The third-order valence-electron chi connectivity index (χ3n) is 4.55. The topological polar surface area (TPSA) is 57.8 Å². The number of amides is 1. The van der Waals surface area contributed by atoms with Crippen molar-refractivity contribution in [3.05, 3.63) is 71.9 Å². The fraction of sp³-hybridized carbons (Fsp3) is 0.200. The molecule has 1 saturated carbocycles. The molecule has 1 aromatic heterocycles. The van der Waals surface area contributed by atoms with E-state index >= 15 is 0 Å². The van der Waals surface area contributed by atoms with Crippen molar-refractivity contribution in [2.75, 3.05) is 0 Å². The van der Waals surface area contributed by atoms with Crippen molar-refractivity contribution in [3.8, 4) is 6.07 Å². The Bertz CT molecular complexity index is 946. The number of nitriles is 1. The lowest BCUT2D eigenvalue weighted by Gasteiger charge is -2.08. The number of nitrogens with zero attached hydrogens (tertiary/aromatic N) is 2. The molecule has 1 aliphatic carbocycles. The number of rotatable bonds is 4. The van der Waals surface area contributed by atoms with Crippen molar-refractivity contribution in [2.24, 2.45) is 0 Å². The van der Waals surface area contributed by atoms with Crippen molar-refractivity contribution in [2.45, 2.75) is 24.9 Å². The van der Waals surface area contributed by atoms with E-state index in [0.717, 1.165) is 23.7 Å². The summed E-state index contributed by atoms with van der Waals surface area (Å²) in [5.41, 5.74) is 2.18. The summed E-state index contributed by atoms with van der Waals surface area (Å²) in [5.74, 6) is -0.169. The van der Waals surface area contributed by atoms with Crippen LogP contribution in [0.25, 0.3) is 10.9 Å². The van der Waals surface area contributed by atoms with E-state index in [1.165, 1.54) is 5.56 Å². The minimum Gasteiger partial charge on any atom is -0.342 e. The molecule has 0 aliphatic heterocycles. The summed E-state index contributed by atoms with van der Waals surface area (Å²) in [6, 6.07) is 20.3. The summed E-state index contributed by atoms with van der Waals surface area (Å²) >= 11 is 0. The van der Waals surface area contributed by atoms with Crippen molar-refractivity contribution in [1.82, 2.24) is 9.88 Å². The van der Waals surface area contributed by atoms with Gasteiger partial charge in [-0.1, -0.05) is 48.5 Å². The summed E-state index contributed by atoms with van der Waals surface area (Å²) in [5, 5.41) is 13.0. The second-order valence-electron chi connectivity index (χ2n) is 6.32. The van der Waals surface area contributed by atoms with E-state index in [9.17, 15) is 10.1 Å². The Morgan fingerprint density at radius 3 is 2.54 bits per heavy atom. The highest BCUT2D eigenvalue weighted by Crippen LogP contribution is 2.35. The number of fused-ring (bicyclic) bond motifs is 1. The van der Waals surface area contributed by atoms with E-state index in [1.54, 1.807) is 0 Å². The second kappa shape index (κ2) is 5.54. The van der Waals surface area contributed by atoms with Gasteiger partial charge in [-0.25, -0.2) is 0 Å². The lowest BCUT2D eigenvalue weighted by molar-refractivity contribution is 0.0943. The number of para-hydroxylation sites is 1. The third-order valence-corrected chi connectivity index (χ3v) is 4.55. The van der Waals surface area contributed by atoms with Gasteiger partial charge in [0.1, 0.15) is 5.54 Å². The molecule has 0 unspecified atom stereocenters. The van der Waals surface area contributed by atoms with Crippen LogP contribution in [0.1, 0.15) is 28.8 Å². The Morgan fingerprint density at radius 2 is 1.83 bits per heavy atom. The molecule has 3 aromatic rings. The minimum absolute atomic E-state index is 0.169. The second-order valence-corrected chi connectivity index (χ2v) is 6.32. The Morgan fingerprint density at radius 1 is 1.12 bits per heavy atom. The van der Waals surface area contributed by atoms with Crippen LogP contribution in [0.4, 0.5) is 0 Å². The van der Waals surface area contributed by atoms with Crippen molar-refractivity contribution >= 4 is 16.8 Å². The minimum atomic E-state index is -0.653. The van der Waals surface area contributed by atoms with Gasteiger partial charge in [-0.15, -0.1) is 0 Å². The van der Waals surface area contributed by atoms with Gasteiger partial charge in [0.15, 0.2) is 0 Å². The summed E-state index contributed by atoms with van der Waals surface area (Å²) in [6.07, 6.45) is 3.36. The molecule has 24 heavy (non-hydrogen) atoms. The van der Waals surface area contributed by atoms with Gasteiger partial charge < -0.3 is 9.88 Å². The predicted octanol–water partition coefficient (Wildman–Crippen LogP) is 3.48. The maximum absolute atomic E-state index is 12.7. The fourth-order valence-corrected chi connectivity index (χ4v) is 3.01. The SMILES string of the molecule is N#CC1(NC(=O)c2cn(Cc3ccccc3)c3ccccc23)CC1. The molecule has 0 bridgehead atoms. The maximum atomic E-state index is 12.7. The van der Waals surface area contributed by atoms with Crippen LogP contribution in [0.3, 0.4) is 0 Å². The molecular weight excluding hydrogens is 298 g/mol. The number of carbonyl (C=O) groups is 1. The van der Waals surface area contributed by atoms with Gasteiger partial charge in [0, 0.05) is 23.6 Å². The van der Waals surface area contributed by atoms with Crippen LogP contribution >= 0.6 is 0 Å². The normalized spacial score (nSPS) is 15.0. The first kappa shape index (κ1) is 14.5. The first-order valence-electron chi connectivity index (χ1n) is 8.06. The largest absolute Gasteiger partial charge is 0.342 e. The third kappa shape index (κ3) is 2.55. The van der Waals surface area contributed by atoms with E-state index in [4.69, 9.17) is 0 Å². The first-order chi connectivity index (χ1) is 11.7. The number of hydrogen-bond acceptors (Lipinski definition) is 2. The van der Waals surface area contributed by atoms with E-state index < -0.39 is 5.54 Å². The number of aromatic nitrogens is 1. The molecule has 0 atom stereocenters. The van der Waals surface area contributed by atoms with E-state index in [2.05, 4.69) is 28.1 Å². The highest BCUT2D eigenvalue weighted by atomic mass is 16.1. The van der Waals surface area contributed by atoms with Gasteiger partial charge in [0.05, 0.1) is 11.6 Å². The Kier molecular flexibility index (Phi) is 3.35. The molecule has 118 valence electrons. The molecule has 1 N–H and O–H groups in total. The van der Waals surface area contributed by atoms with Crippen LogP contribution in [-0.2, 0) is 6.54 Å². The predicted molar refractivity (Wildman–Crippen MR) is 92.5 cm³/mol. The summed E-state index contributed by atoms with van der Waals surface area (Å²) in [6.45, 7) is 0.706. The van der Waals surface area contributed by atoms with Gasteiger partial charge in [0.2, 0.25) is 0 Å². The zero-order valence-corrected chi connectivity index (χ0v) is 13.2. The molecular formula is C20H17N3O. The molecule has 0 saturated heterocycles. The Labute approximate surface area is 140 Å². The molecule has 4 heteroatoms. The molecule has 2 aromatic carbocycles. The summed E-state index contributed by atoms with van der Waals surface area (Å²) in [4.78, 5) is 12.7. The number of carbonyl (C=O) groups excluding carboxylic acids is 1. The van der Waals surface area contributed by atoms with Crippen LogP contribution in [-0.4, -0.2) is 16.0 Å². The zero-order valence-electron chi connectivity index (χ0n) is 13.2. The van der Waals surface area contributed by atoms with Crippen molar-refractivity contribution in [3.63, 3.8) is 0 Å². The van der Waals surface area contributed by atoms with E-state index in [-0.39, 0.29) is 5.91 Å². The Balaban J connectivity index is 1.71. The van der Waals surface area contributed by atoms with Crippen molar-refractivity contribution in [1.29, 1.82) is 5.26 Å². The molecule has 1 fully saturated rings. The monoisotopic (exact) mass is 315 g/mol. The van der Waals surface area contributed by atoms with Gasteiger partial charge >= 0.3 is 0 Å². The van der Waals surface area contributed by atoms with Crippen LogP contribution in [0.2, 0.25) is 0 Å². The average molecular weight is 315 g/mol. The fourth-order valence-electron chi connectivity index (χ4n) is 3.01. The van der Waals surface area contributed by atoms with Gasteiger partial charge in [-0.3, -0.25) is 4.79 Å².